The SMILES string of the molecule is CCCCCCCN1CCC(c2noc3cc(F)ccc23)CC1. The third kappa shape index (κ3) is 4.11. The largest absolute Gasteiger partial charge is 0.356 e. The van der Waals surface area contributed by atoms with Crippen molar-refractivity contribution in [2.45, 2.75) is 57.8 Å². The number of hydrogen-bond acceptors (Lipinski definition) is 3. The summed E-state index contributed by atoms with van der Waals surface area (Å²) in [6, 6.07) is 4.72. The number of benzene rings is 1. The second-order valence-electron chi connectivity index (χ2n) is 6.74. The molecule has 3 nitrogen and oxygen atoms in total. The third-order valence-electron chi connectivity index (χ3n) is 5.01. The van der Waals surface area contributed by atoms with E-state index < -0.39 is 0 Å². The average molecular weight is 318 g/mol. The predicted molar refractivity (Wildman–Crippen MR) is 91.1 cm³/mol. The van der Waals surface area contributed by atoms with Gasteiger partial charge in [0.15, 0.2) is 5.58 Å². The van der Waals surface area contributed by atoms with E-state index in [9.17, 15) is 4.39 Å². The number of fused-ring (bicyclic) bond motifs is 1. The fourth-order valence-corrected chi connectivity index (χ4v) is 3.59. The van der Waals surface area contributed by atoms with Gasteiger partial charge in [0, 0.05) is 17.4 Å². The molecule has 0 saturated carbocycles. The average Bonchev–Trinajstić information content (AvgIpc) is 2.98. The second kappa shape index (κ2) is 7.91. The van der Waals surface area contributed by atoms with Gasteiger partial charge in [-0.2, -0.15) is 0 Å². The molecule has 1 aromatic heterocycles. The molecule has 0 spiro atoms. The van der Waals surface area contributed by atoms with Gasteiger partial charge in [-0.1, -0.05) is 37.8 Å². The molecule has 1 aromatic carbocycles. The second-order valence-corrected chi connectivity index (χ2v) is 6.74. The lowest BCUT2D eigenvalue weighted by Gasteiger charge is -2.31. The minimum absolute atomic E-state index is 0.266. The molecule has 4 heteroatoms. The van der Waals surface area contributed by atoms with Crippen LogP contribution in [-0.4, -0.2) is 29.7 Å². The minimum Gasteiger partial charge on any atom is -0.356 e. The van der Waals surface area contributed by atoms with Gasteiger partial charge in [-0.15, -0.1) is 0 Å². The van der Waals surface area contributed by atoms with Crippen LogP contribution in [0, 0.1) is 5.82 Å². The minimum atomic E-state index is -0.266. The van der Waals surface area contributed by atoms with Crippen LogP contribution in [0.2, 0.25) is 0 Å². The van der Waals surface area contributed by atoms with Crippen LogP contribution in [0.5, 0.6) is 0 Å². The Bertz CT molecular complexity index is 617. The van der Waals surface area contributed by atoms with Crippen molar-refractivity contribution in [2.75, 3.05) is 19.6 Å². The van der Waals surface area contributed by atoms with E-state index in [1.165, 1.54) is 50.8 Å². The van der Waals surface area contributed by atoms with Gasteiger partial charge in [0.2, 0.25) is 0 Å². The van der Waals surface area contributed by atoms with Crippen molar-refractivity contribution in [3.05, 3.63) is 29.7 Å². The monoisotopic (exact) mass is 318 g/mol. The number of likely N-dealkylation sites (tertiary alicyclic amines) is 1. The summed E-state index contributed by atoms with van der Waals surface area (Å²) in [6.07, 6.45) is 8.95. The number of unbranched alkanes of at least 4 members (excludes halogenated alkanes) is 4. The molecule has 0 aliphatic carbocycles. The molecule has 0 amide bonds. The summed E-state index contributed by atoms with van der Waals surface area (Å²) in [6.45, 7) is 5.75. The lowest BCUT2D eigenvalue weighted by Crippen LogP contribution is -2.33. The van der Waals surface area contributed by atoms with Crippen molar-refractivity contribution in [3.63, 3.8) is 0 Å². The number of rotatable bonds is 7. The van der Waals surface area contributed by atoms with Crippen LogP contribution in [0.3, 0.4) is 0 Å². The third-order valence-corrected chi connectivity index (χ3v) is 5.01. The highest BCUT2D eigenvalue weighted by molar-refractivity contribution is 5.79. The van der Waals surface area contributed by atoms with Crippen molar-refractivity contribution < 1.29 is 8.91 Å². The molecule has 0 unspecified atom stereocenters. The molecule has 0 radical (unpaired) electrons. The van der Waals surface area contributed by atoms with Crippen molar-refractivity contribution >= 4 is 11.0 Å². The molecule has 2 heterocycles. The Hall–Kier alpha value is -1.42. The van der Waals surface area contributed by atoms with Crippen LogP contribution >= 0.6 is 0 Å². The van der Waals surface area contributed by atoms with Gasteiger partial charge >= 0.3 is 0 Å². The normalized spacial score (nSPS) is 17.1. The van der Waals surface area contributed by atoms with Crippen LogP contribution in [0.25, 0.3) is 11.0 Å². The van der Waals surface area contributed by atoms with E-state index >= 15 is 0 Å². The van der Waals surface area contributed by atoms with Crippen LogP contribution < -0.4 is 0 Å². The first-order chi connectivity index (χ1) is 11.3. The van der Waals surface area contributed by atoms with E-state index in [4.69, 9.17) is 4.52 Å². The van der Waals surface area contributed by atoms with Crippen molar-refractivity contribution in [1.82, 2.24) is 10.1 Å². The molecule has 1 aliphatic rings. The standard InChI is InChI=1S/C19H27FN2O/c1-2-3-4-5-6-11-22-12-9-15(10-13-22)19-17-8-7-16(20)14-18(17)23-21-19/h7-8,14-15H,2-6,9-13H2,1H3. The van der Waals surface area contributed by atoms with Gasteiger partial charge in [-0.25, -0.2) is 4.39 Å². The van der Waals surface area contributed by atoms with Crippen LogP contribution in [0.1, 0.15) is 63.5 Å². The zero-order valence-corrected chi connectivity index (χ0v) is 14.1. The summed E-state index contributed by atoms with van der Waals surface area (Å²) in [5.41, 5.74) is 1.58. The first kappa shape index (κ1) is 16.4. The predicted octanol–water partition coefficient (Wildman–Crippen LogP) is 5.12. The summed E-state index contributed by atoms with van der Waals surface area (Å²) < 4.78 is 18.5. The lowest BCUT2D eigenvalue weighted by atomic mass is 9.91. The molecular weight excluding hydrogens is 291 g/mol. The Balaban J connectivity index is 1.50. The van der Waals surface area contributed by atoms with Gasteiger partial charge in [0.05, 0.1) is 5.69 Å². The summed E-state index contributed by atoms with van der Waals surface area (Å²) in [5.74, 6) is 0.177. The topological polar surface area (TPSA) is 29.3 Å². The Kier molecular flexibility index (Phi) is 5.65. The van der Waals surface area contributed by atoms with E-state index in [1.54, 1.807) is 6.07 Å². The van der Waals surface area contributed by atoms with Gasteiger partial charge in [0.1, 0.15) is 5.82 Å². The number of piperidine rings is 1. The van der Waals surface area contributed by atoms with Crippen LogP contribution in [-0.2, 0) is 0 Å². The molecule has 0 atom stereocenters. The summed E-state index contributed by atoms with van der Waals surface area (Å²) >= 11 is 0. The zero-order chi connectivity index (χ0) is 16.1. The van der Waals surface area contributed by atoms with E-state index in [0.717, 1.165) is 37.0 Å². The number of nitrogens with zero attached hydrogens (tertiary/aromatic N) is 2. The van der Waals surface area contributed by atoms with Gasteiger partial charge in [-0.3, -0.25) is 0 Å². The molecule has 1 aliphatic heterocycles. The molecule has 126 valence electrons. The maximum Gasteiger partial charge on any atom is 0.170 e. The zero-order valence-electron chi connectivity index (χ0n) is 14.1. The molecule has 1 fully saturated rings. The van der Waals surface area contributed by atoms with E-state index in [1.807, 2.05) is 0 Å². The summed E-state index contributed by atoms with van der Waals surface area (Å²) in [5, 5.41) is 5.20. The number of aromatic nitrogens is 1. The van der Waals surface area contributed by atoms with Crippen molar-refractivity contribution in [1.29, 1.82) is 0 Å². The van der Waals surface area contributed by atoms with E-state index in [-0.39, 0.29) is 5.82 Å². The first-order valence-corrected chi connectivity index (χ1v) is 9.05. The van der Waals surface area contributed by atoms with Crippen molar-refractivity contribution in [3.8, 4) is 0 Å². The molecule has 3 rings (SSSR count). The van der Waals surface area contributed by atoms with Crippen LogP contribution in [0.15, 0.2) is 22.7 Å². The van der Waals surface area contributed by atoms with Crippen molar-refractivity contribution in [2.24, 2.45) is 0 Å². The molecule has 1 saturated heterocycles. The summed E-state index contributed by atoms with van der Waals surface area (Å²) in [7, 11) is 0. The van der Waals surface area contributed by atoms with Crippen LogP contribution in [0.4, 0.5) is 4.39 Å². The first-order valence-electron chi connectivity index (χ1n) is 9.05. The highest BCUT2D eigenvalue weighted by Gasteiger charge is 2.24. The Morgan fingerprint density at radius 2 is 1.96 bits per heavy atom. The molecule has 2 aromatic rings. The molecule has 0 bridgehead atoms. The lowest BCUT2D eigenvalue weighted by molar-refractivity contribution is 0.205. The number of halogens is 1. The van der Waals surface area contributed by atoms with Gasteiger partial charge in [0.25, 0.3) is 0 Å². The van der Waals surface area contributed by atoms with E-state index in [0.29, 0.717) is 11.5 Å². The maximum atomic E-state index is 13.2. The molecular formula is C19H27FN2O. The fourth-order valence-electron chi connectivity index (χ4n) is 3.59. The highest BCUT2D eigenvalue weighted by atomic mass is 19.1. The van der Waals surface area contributed by atoms with Gasteiger partial charge < -0.3 is 9.42 Å². The Labute approximate surface area is 137 Å². The maximum absolute atomic E-state index is 13.2. The number of hydrogen-bond donors (Lipinski definition) is 0. The quantitative estimate of drug-likeness (QED) is 0.664. The van der Waals surface area contributed by atoms with E-state index in [2.05, 4.69) is 17.0 Å². The van der Waals surface area contributed by atoms with Gasteiger partial charge in [-0.05, 0) is 51.0 Å². The Morgan fingerprint density at radius 3 is 2.74 bits per heavy atom. The Morgan fingerprint density at radius 1 is 1.17 bits per heavy atom. The fraction of sp³-hybridized carbons (Fsp3) is 0.632. The smallest absolute Gasteiger partial charge is 0.170 e. The molecule has 0 N–H and O–H groups in total. The summed E-state index contributed by atoms with van der Waals surface area (Å²) in [4.78, 5) is 2.57. The molecule has 23 heavy (non-hydrogen) atoms. The highest BCUT2D eigenvalue weighted by Crippen LogP contribution is 2.32.